The summed E-state index contributed by atoms with van der Waals surface area (Å²) in [5, 5.41) is 6.85. The molecule has 1 aromatic carbocycles. The number of hydrogen-bond acceptors (Lipinski definition) is 4. The number of nitrogens with one attached hydrogen (secondary N) is 2. The van der Waals surface area contributed by atoms with Crippen LogP contribution in [-0.2, 0) is 11.3 Å². The summed E-state index contributed by atoms with van der Waals surface area (Å²) in [5.41, 5.74) is 1.35. The summed E-state index contributed by atoms with van der Waals surface area (Å²) < 4.78 is 16.1. The molecular weight excluding hydrogens is 330 g/mol. The van der Waals surface area contributed by atoms with Gasteiger partial charge in [-0.25, -0.2) is 4.99 Å². The van der Waals surface area contributed by atoms with Crippen LogP contribution in [0.15, 0.2) is 23.2 Å². The van der Waals surface area contributed by atoms with Crippen LogP contribution in [0.25, 0.3) is 0 Å². The number of ether oxygens (including phenoxy) is 3. The second kappa shape index (κ2) is 10.3. The van der Waals surface area contributed by atoms with Gasteiger partial charge in [0.1, 0.15) is 0 Å². The van der Waals surface area contributed by atoms with Crippen molar-refractivity contribution in [1.29, 1.82) is 0 Å². The average Bonchev–Trinajstić information content (AvgIpc) is 2.64. The van der Waals surface area contributed by atoms with Gasteiger partial charge in [-0.05, 0) is 37.7 Å². The van der Waals surface area contributed by atoms with E-state index in [0.717, 1.165) is 49.1 Å². The van der Waals surface area contributed by atoms with E-state index in [-0.39, 0.29) is 0 Å². The van der Waals surface area contributed by atoms with Gasteiger partial charge in [0.05, 0.1) is 20.8 Å². The maximum Gasteiger partial charge on any atom is 0.191 e. The third-order valence-corrected chi connectivity index (χ3v) is 5.12. The second-order valence-corrected chi connectivity index (χ2v) is 6.80. The van der Waals surface area contributed by atoms with Crippen LogP contribution >= 0.6 is 0 Å². The maximum atomic E-state index is 5.50. The molecule has 0 unspecified atom stereocenters. The molecule has 2 rings (SSSR count). The van der Waals surface area contributed by atoms with Crippen LogP contribution in [0.4, 0.5) is 0 Å². The lowest BCUT2D eigenvalue weighted by molar-refractivity contribution is 0.0732. The smallest absolute Gasteiger partial charge is 0.191 e. The molecule has 0 spiro atoms. The zero-order valence-corrected chi connectivity index (χ0v) is 16.6. The van der Waals surface area contributed by atoms with Crippen LogP contribution in [0.3, 0.4) is 0 Å². The largest absolute Gasteiger partial charge is 0.493 e. The van der Waals surface area contributed by atoms with Gasteiger partial charge < -0.3 is 24.8 Å². The molecule has 1 aromatic rings. The number of nitrogens with zero attached hydrogens (tertiary/aromatic N) is 1. The van der Waals surface area contributed by atoms with Gasteiger partial charge >= 0.3 is 0 Å². The summed E-state index contributed by atoms with van der Waals surface area (Å²) in [4.78, 5) is 4.74. The number of para-hydroxylation sites is 1. The SMILES string of the molecule is CCNC(=NCc1cccc(OC)c1OC)NCC1(CCOC)CCC1. The molecule has 0 aromatic heterocycles. The quantitative estimate of drug-likeness (QED) is 0.494. The first kappa shape index (κ1) is 20.4. The van der Waals surface area contributed by atoms with Crippen molar-refractivity contribution in [2.45, 2.75) is 39.2 Å². The lowest BCUT2D eigenvalue weighted by Gasteiger charge is -2.42. The van der Waals surface area contributed by atoms with E-state index in [1.54, 1.807) is 21.3 Å². The molecule has 6 nitrogen and oxygen atoms in total. The highest BCUT2D eigenvalue weighted by molar-refractivity contribution is 5.79. The van der Waals surface area contributed by atoms with E-state index < -0.39 is 0 Å². The topological polar surface area (TPSA) is 64.1 Å². The number of benzene rings is 1. The molecule has 6 heteroatoms. The van der Waals surface area contributed by atoms with Crippen LogP contribution in [0, 0.1) is 5.41 Å². The number of guanidine groups is 1. The van der Waals surface area contributed by atoms with Crippen molar-refractivity contribution in [2.24, 2.45) is 10.4 Å². The summed E-state index contributed by atoms with van der Waals surface area (Å²) in [6.45, 7) is 5.17. The first-order valence-electron chi connectivity index (χ1n) is 9.39. The van der Waals surface area contributed by atoms with Crippen LogP contribution in [0.1, 0.15) is 38.2 Å². The van der Waals surface area contributed by atoms with E-state index in [1.165, 1.54) is 19.3 Å². The zero-order valence-electron chi connectivity index (χ0n) is 16.6. The molecule has 1 fully saturated rings. The summed E-state index contributed by atoms with van der Waals surface area (Å²) >= 11 is 0. The molecule has 0 aliphatic heterocycles. The third-order valence-electron chi connectivity index (χ3n) is 5.12. The van der Waals surface area contributed by atoms with Crippen molar-refractivity contribution in [3.8, 4) is 11.5 Å². The molecule has 1 aliphatic rings. The Morgan fingerprint density at radius 2 is 1.96 bits per heavy atom. The van der Waals surface area contributed by atoms with Gasteiger partial charge in [-0.15, -0.1) is 0 Å². The minimum absolute atomic E-state index is 0.347. The minimum Gasteiger partial charge on any atom is -0.493 e. The first-order valence-corrected chi connectivity index (χ1v) is 9.39. The highest BCUT2D eigenvalue weighted by atomic mass is 16.5. The number of hydrogen-bond donors (Lipinski definition) is 2. The Hall–Kier alpha value is -1.95. The molecule has 0 saturated heterocycles. The molecule has 0 bridgehead atoms. The predicted molar refractivity (Wildman–Crippen MR) is 105 cm³/mol. The van der Waals surface area contributed by atoms with Crippen molar-refractivity contribution in [2.75, 3.05) is 41.0 Å². The van der Waals surface area contributed by atoms with E-state index >= 15 is 0 Å². The summed E-state index contributed by atoms with van der Waals surface area (Å²) in [6, 6.07) is 5.87. The van der Waals surface area contributed by atoms with Gasteiger partial charge in [-0.2, -0.15) is 0 Å². The Balaban J connectivity index is 2.02. The van der Waals surface area contributed by atoms with Crippen molar-refractivity contribution in [3.05, 3.63) is 23.8 Å². The number of rotatable bonds is 10. The average molecular weight is 364 g/mol. The van der Waals surface area contributed by atoms with Crippen molar-refractivity contribution < 1.29 is 14.2 Å². The summed E-state index contributed by atoms with van der Waals surface area (Å²) in [7, 11) is 5.08. The van der Waals surface area contributed by atoms with Crippen LogP contribution in [-0.4, -0.2) is 47.0 Å². The van der Waals surface area contributed by atoms with E-state index in [9.17, 15) is 0 Å². The molecule has 2 N–H and O–H groups in total. The van der Waals surface area contributed by atoms with Gasteiger partial charge in [0.2, 0.25) is 0 Å². The third kappa shape index (κ3) is 5.27. The second-order valence-electron chi connectivity index (χ2n) is 6.80. The van der Waals surface area contributed by atoms with E-state index in [1.807, 2.05) is 18.2 Å². The monoisotopic (exact) mass is 363 g/mol. The zero-order chi connectivity index (χ0) is 18.8. The van der Waals surface area contributed by atoms with E-state index in [2.05, 4.69) is 17.6 Å². The highest BCUT2D eigenvalue weighted by Crippen LogP contribution is 2.43. The fourth-order valence-corrected chi connectivity index (χ4v) is 3.37. The Morgan fingerprint density at radius 1 is 1.15 bits per heavy atom. The van der Waals surface area contributed by atoms with Crippen molar-refractivity contribution in [1.82, 2.24) is 10.6 Å². The molecule has 0 amide bonds. The van der Waals surface area contributed by atoms with Crippen LogP contribution < -0.4 is 20.1 Å². The lowest BCUT2D eigenvalue weighted by atomic mass is 9.67. The van der Waals surface area contributed by atoms with E-state index in [0.29, 0.717) is 12.0 Å². The van der Waals surface area contributed by atoms with Gasteiger partial charge in [0, 0.05) is 32.4 Å². The van der Waals surface area contributed by atoms with E-state index in [4.69, 9.17) is 19.2 Å². The fourth-order valence-electron chi connectivity index (χ4n) is 3.37. The van der Waals surface area contributed by atoms with Crippen molar-refractivity contribution in [3.63, 3.8) is 0 Å². The van der Waals surface area contributed by atoms with Crippen molar-refractivity contribution >= 4 is 5.96 Å². The predicted octanol–water partition coefficient (Wildman–Crippen LogP) is 2.97. The lowest BCUT2D eigenvalue weighted by Crippen LogP contribution is -2.46. The Morgan fingerprint density at radius 3 is 2.54 bits per heavy atom. The number of aliphatic imine (C=N–C) groups is 1. The molecule has 1 saturated carbocycles. The van der Waals surface area contributed by atoms with Gasteiger partial charge in [0.25, 0.3) is 0 Å². The maximum absolute atomic E-state index is 5.50. The first-order chi connectivity index (χ1) is 12.7. The summed E-state index contributed by atoms with van der Waals surface area (Å²) in [6.07, 6.45) is 4.92. The molecule has 0 radical (unpaired) electrons. The van der Waals surface area contributed by atoms with Crippen LogP contribution in [0.2, 0.25) is 0 Å². The molecule has 1 aliphatic carbocycles. The highest BCUT2D eigenvalue weighted by Gasteiger charge is 2.36. The Bertz CT molecular complexity index is 586. The minimum atomic E-state index is 0.347. The molecule has 26 heavy (non-hydrogen) atoms. The standard InChI is InChI=1S/C20H33N3O3/c1-5-21-19(23-15-20(10-7-11-20)12-13-24-2)22-14-16-8-6-9-17(25-3)18(16)26-4/h6,8-9H,5,7,10-15H2,1-4H3,(H2,21,22,23). The molecule has 146 valence electrons. The Labute approximate surface area is 157 Å². The molecule has 0 heterocycles. The van der Waals surface area contributed by atoms with Gasteiger partial charge in [0.15, 0.2) is 17.5 Å². The van der Waals surface area contributed by atoms with Gasteiger partial charge in [-0.1, -0.05) is 18.6 Å². The molecule has 0 atom stereocenters. The number of methoxy groups -OCH3 is 3. The molecular formula is C20H33N3O3. The van der Waals surface area contributed by atoms with Crippen LogP contribution in [0.5, 0.6) is 11.5 Å². The van der Waals surface area contributed by atoms with Gasteiger partial charge in [-0.3, -0.25) is 0 Å². The fraction of sp³-hybridized carbons (Fsp3) is 0.650. The Kier molecular flexibility index (Phi) is 8.04. The normalized spacial score (nSPS) is 15.9. The summed E-state index contributed by atoms with van der Waals surface area (Å²) in [5.74, 6) is 2.30.